The van der Waals surface area contributed by atoms with Crippen LogP contribution in [0.1, 0.15) is 12.8 Å². The highest BCUT2D eigenvalue weighted by atomic mass is 32.1. The van der Waals surface area contributed by atoms with Crippen LogP contribution in [0.25, 0.3) is 32.7 Å². The Bertz CT molecular complexity index is 1480. The highest BCUT2D eigenvalue weighted by Gasteiger charge is 2.30. The summed E-state index contributed by atoms with van der Waals surface area (Å²) < 4.78 is 29.7. The van der Waals surface area contributed by atoms with Crippen LogP contribution in [0, 0.1) is 5.92 Å². The molecular formula is C23H19N2O7PS. The summed E-state index contributed by atoms with van der Waals surface area (Å²) in [5.74, 6) is 1.31. The van der Waals surface area contributed by atoms with E-state index < -0.39 is 13.1 Å². The SMILES string of the molecule is O=C(Nc1nc2cccc(-c3cc4c(c(-c5ccc(P(=O)(O)O)o5)c3)OCCO4)c2s1)C1CC1. The third kappa shape index (κ3) is 3.88. The third-order valence-corrected chi connectivity index (χ3v) is 7.53. The van der Waals surface area contributed by atoms with Gasteiger partial charge in [0.2, 0.25) is 11.4 Å². The van der Waals surface area contributed by atoms with E-state index in [0.717, 1.165) is 34.2 Å². The molecule has 0 spiro atoms. The van der Waals surface area contributed by atoms with Crippen LogP contribution in [0.2, 0.25) is 0 Å². The average Bonchev–Trinajstić information content (AvgIpc) is 3.39. The number of anilines is 1. The van der Waals surface area contributed by atoms with Gasteiger partial charge < -0.3 is 29.0 Å². The predicted molar refractivity (Wildman–Crippen MR) is 127 cm³/mol. The van der Waals surface area contributed by atoms with Gasteiger partial charge in [0.15, 0.2) is 16.6 Å². The van der Waals surface area contributed by atoms with Gasteiger partial charge >= 0.3 is 7.60 Å². The standard InChI is InChI=1S/C23H19N2O7PS/c26-22(12-4-5-12)25-23-24-16-3-1-2-14(21(16)34-23)13-10-15(20-18(11-13)30-8-9-31-20)17-6-7-19(32-17)33(27,28)29/h1-3,6-7,10-12H,4-5,8-9H2,(H,24,25,26)(H2,27,28,29). The Hall–Kier alpha value is -3.17. The Kier molecular flexibility index (Phi) is 5.00. The summed E-state index contributed by atoms with van der Waals surface area (Å²) in [6, 6.07) is 12.2. The minimum Gasteiger partial charge on any atom is -0.486 e. The smallest absolute Gasteiger partial charge is 0.391 e. The zero-order valence-corrected chi connectivity index (χ0v) is 19.4. The Labute approximate surface area is 197 Å². The minimum atomic E-state index is -4.54. The molecule has 4 aromatic rings. The van der Waals surface area contributed by atoms with Crippen molar-refractivity contribution in [3.05, 3.63) is 42.5 Å². The molecule has 1 saturated carbocycles. The summed E-state index contributed by atoms with van der Waals surface area (Å²) in [4.78, 5) is 35.7. The number of ether oxygens (including phenoxy) is 2. The number of carbonyl (C=O) groups is 1. The largest absolute Gasteiger partial charge is 0.486 e. The minimum absolute atomic E-state index is 0.000835. The number of furan rings is 1. The van der Waals surface area contributed by atoms with Crippen molar-refractivity contribution in [3.63, 3.8) is 0 Å². The maximum Gasteiger partial charge on any atom is 0.391 e. The zero-order chi connectivity index (χ0) is 23.4. The van der Waals surface area contributed by atoms with Gasteiger partial charge in [0.25, 0.3) is 0 Å². The van der Waals surface area contributed by atoms with Gasteiger partial charge in [-0.3, -0.25) is 9.36 Å². The molecule has 3 heterocycles. The third-order valence-electron chi connectivity index (χ3n) is 5.69. The van der Waals surface area contributed by atoms with Gasteiger partial charge in [0, 0.05) is 11.5 Å². The van der Waals surface area contributed by atoms with Crippen LogP contribution in [0.5, 0.6) is 11.5 Å². The molecule has 1 aliphatic carbocycles. The summed E-state index contributed by atoms with van der Waals surface area (Å²) in [5.41, 5.74) is 2.53. The number of fused-ring (bicyclic) bond motifs is 2. The number of amides is 1. The fourth-order valence-electron chi connectivity index (χ4n) is 3.90. The Morgan fingerprint density at radius 1 is 1.09 bits per heavy atom. The van der Waals surface area contributed by atoms with Crippen LogP contribution in [-0.4, -0.2) is 33.9 Å². The van der Waals surface area contributed by atoms with Crippen molar-refractivity contribution in [1.29, 1.82) is 0 Å². The molecule has 2 aromatic heterocycles. The van der Waals surface area contributed by atoms with Crippen molar-refractivity contribution in [3.8, 4) is 33.9 Å². The van der Waals surface area contributed by atoms with Gasteiger partial charge in [-0.1, -0.05) is 23.5 Å². The van der Waals surface area contributed by atoms with Crippen molar-refractivity contribution < 1.29 is 33.0 Å². The molecule has 0 bridgehead atoms. The molecule has 2 aliphatic rings. The number of nitrogens with one attached hydrogen (secondary N) is 1. The van der Waals surface area contributed by atoms with Crippen LogP contribution in [-0.2, 0) is 9.36 Å². The molecule has 0 unspecified atom stereocenters. The molecule has 174 valence electrons. The summed E-state index contributed by atoms with van der Waals surface area (Å²) >= 11 is 1.40. The molecule has 11 heteroatoms. The van der Waals surface area contributed by atoms with E-state index in [0.29, 0.717) is 35.4 Å². The average molecular weight is 498 g/mol. The second kappa shape index (κ2) is 7.95. The molecule has 0 radical (unpaired) electrons. The van der Waals surface area contributed by atoms with E-state index in [1.165, 1.54) is 23.5 Å². The molecule has 2 aromatic carbocycles. The number of rotatable bonds is 5. The first kappa shape index (κ1) is 21.4. The predicted octanol–water partition coefficient (Wildman–Crippen LogP) is 4.15. The molecule has 9 nitrogen and oxygen atoms in total. The lowest BCUT2D eigenvalue weighted by Gasteiger charge is -2.22. The van der Waals surface area contributed by atoms with Crippen molar-refractivity contribution in [2.24, 2.45) is 5.92 Å². The summed E-state index contributed by atoms with van der Waals surface area (Å²) in [6.45, 7) is 0.726. The molecule has 1 aliphatic heterocycles. The molecule has 34 heavy (non-hydrogen) atoms. The number of benzene rings is 2. The molecule has 1 amide bonds. The van der Waals surface area contributed by atoms with Gasteiger partial charge in [0.05, 0.1) is 15.8 Å². The topological polar surface area (TPSA) is 131 Å². The summed E-state index contributed by atoms with van der Waals surface area (Å²) in [7, 11) is -4.54. The molecule has 6 rings (SSSR count). The number of nitrogens with zero attached hydrogens (tertiary/aromatic N) is 1. The Morgan fingerprint density at radius 3 is 2.68 bits per heavy atom. The van der Waals surface area contributed by atoms with E-state index in [4.69, 9.17) is 13.9 Å². The Morgan fingerprint density at radius 2 is 1.91 bits per heavy atom. The first-order valence-corrected chi connectivity index (χ1v) is 13.1. The summed E-state index contributed by atoms with van der Waals surface area (Å²) in [5, 5.41) is 3.46. The fourth-order valence-corrected chi connectivity index (χ4v) is 5.39. The maximum absolute atomic E-state index is 12.2. The van der Waals surface area contributed by atoms with Gasteiger partial charge in [-0.15, -0.1) is 0 Å². The number of hydrogen-bond donors (Lipinski definition) is 3. The van der Waals surface area contributed by atoms with Gasteiger partial charge in [0.1, 0.15) is 19.0 Å². The highest BCUT2D eigenvalue weighted by Crippen LogP contribution is 2.46. The van der Waals surface area contributed by atoms with Crippen molar-refractivity contribution in [2.45, 2.75) is 12.8 Å². The summed E-state index contributed by atoms with van der Waals surface area (Å²) in [6.07, 6.45) is 1.83. The lowest BCUT2D eigenvalue weighted by atomic mass is 10.00. The molecular weight excluding hydrogens is 479 g/mol. The first-order valence-electron chi connectivity index (χ1n) is 10.7. The van der Waals surface area contributed by atoms with Crippen LogP contribution < -0.4 is 20.3 Å². The Balaban J connectivity index is 1.47. The van der Waals surface area contributed by atoms with E-state index in [2.05, 4.69) is 10.3 Å². The highest BCUT2D eigenvalue weighted by molar-refractivity contribution is 7.59. The number of aromatic nitrogens is 1. The maximum atomic E-state index is 12.2. The van der Waals surface area contributed by atoms with Crippen LogP contribution in [0.3, 0.4) is 0 Å². The van der Waals surface area contributed by atoms with Gasteiger partial charge in [-0.05, 0) is 48.7 Å². The second-order valence-electron chi connectivity index (χ2n) is 8.17. The van der Waals surface area contributed by atoms with Crippen molar-refractivity contribution in [1.82, 2.24) is 4.98 Å². The van der Waals surface area contributed by atoms with E-state index >= 15 is 0 Å². The van der Waals surface area contributed by atoms with Gasteiger partial charge in [-0.2, -0.15) is 0 Å². The van der Waals surface area contributed by atoms with Gasteiger partial charge in [-0.25, -0.2) is 4.98 Å². The van der Waals surface area contributed by atoms with E-state index in [1.807, 2.05) is 30.3 Å². The van der Waals surface area contributed by atoms with Crippen LogP contribution in [0.4, 0.5) is 5.13 Å². The van der Waals surface area contributed by atoms with Crippen molar-refractivity contribution in [2.75, 3.05) is 18.5 Å². The monoisotopic (exact) mass is 498 g/mol. The van der Waals surface area contributed by atoms with Crippen LogP contribution >= 0.6 is 18.9 Å². The fraction of sp³-hybridized carbons (Fsp3) is 0.217. The normalized spacial score (nSPS) is 15.5. The zero-order valence-electron chi connectivity index (χ0n) is 17.7. The second-order valence-corrected chi connectivity index (χ2v) is 10.7. The first-order chi connectivity index (χ1) is 16.4. The van der Waals surface area contributed by atoms with Crippen molar-refractivity contribution >= 4 is 45.7 Å². The lowest BCUT2D eigenvalue weighted by Crippen LogP contribution is -2.16. The number of thiazole rings is 1. The number of hydrogen-bond acceptors (Lipinski definition) is 7. The molecule has 3 N–H and O–H groups in total. The molecule has 1 fully saturated rings. The quantitative estimate of drug-likeness (QED) is 0.350. The molecule has 0 atom stereocenters. The number of carbonyl (C=O) groups excluding carboxylic acids is 1. The lowest BCUT2D eigenvalue weighted by molar-refractivity contribution is -0.117. The van der Waals surface area contributed by atoms with E-state index in [9.17, 15) is 19.1 Å². The van der Waals surface area contributed by atoms with Crippen LogP contribution in [0.15, 0.2) is 46.9 Å². The van der Waals surface area contributed by atoms with E-state index in [1.54, 1.807) is 0 Å². The van der Waals surface area contributed by atoms with E-state index in [-0.39, 0.29) is 17.6 Å². The molecule has 0 saturated heterocycles.